The van der Waals surface area contributed by atoms with Gasteiger partial charge in [0.05, 0.1) is 12.1 Å². The molecule has 0 radical (unpaired) electrons. The minimum absolute atomic E-state index is 0.110. The summed E-state index contributed by atoms with van der Waals surface area (Å²) in [7, 11) is 2.15. The van der Waals surface area contributed by atoms with Gasteiger partial charge in [0.1, 0.15) is 5.39 Å². The molecular weight excluding hydrogens is 506 g/mol. The molecule has 0 unspecified atom stereocenters. The molecule has 0 atom stereocenters. The smallest absolute Gasteiger partial charge is 0.284 e. The van der Waals surface area contributed by atoms with Crippen LogP contribution in [0.5, 0.6) is 0 Å². The molecule has 40 heavy (non-hydrogen) atoms. The van der Waals surface area contributed by atoms with E-state index in [0.29, 0.717) is 34.0 Å². The molecule has 1 aliphatic rings. The zero-order valence-electron chi connectivity index (χ0n) is 21.9. The van der Waals surface area contributed by atoms with E-state index in [1.54, 1.807) is 23.0 Å². The summed E-state index contributed by atoms with van der Waals surface area (Å²) in [6, 6.07) is 19.4. The van der Waals surface area contributed by atoms with E-state index >= 15 is 0 Å². The average Bonchev–Trinajstić information content (AvgIpc) is 3.32. The van der Waals surface area contributed by atoms with Crippen LogP contribution in [0, 0.1) is 0 Å². The van der Waals surface area contributed by atoms with Crippen LogP contribution in [0.25, 0.3) is 33.4 Å². The third kappa shape index (κ3) is 4.12. The van der Waals surface area contributed by atoms with Gasteiger partial charge in [0.15, 0.2) is 17.1 Å². The summed E-state index contributed by atoms with van der Waals surface area (Å²) < 4.78 is 3.23. The van der Waals surface area contributed by atoms with Crippen molar-refractivity contribution in [1.29, 1.82) is 0 Å². The van der Waals surface area contributed by atoms with Crippen LogP contribution in [0.4, 0.5) is 17.3 Å². The predicted molar refractivity (Wildman–Crippen MR) is 155 cm³/mol. The zero-order valence-corrected chi connectivity index (χ0v) is 21.9. The summed E-state index contributed by atoms with van der Waals surface area (Å²) in [6.07, 6.45) is 3.10. The first-order valence-corrected chi connectivity index (χ1v) is 13.1. The van der Waals surface area contributed by atoms with E-state index < -0.39 is 0 Å². The first kappa shape index (κ1) is 24.2. The van der Waals surface area contributed by atoms with E-state index in [9.17, 15) is 9.90 Å². The molecule has 2 aromatic carbocycles. The summed E-state index contributed by atoms with van der Waals surface area (Å²) in [4.78, 5) is 36.8. The first-order chi connectivity index (χ1) is 19.6. The SMILES string of the molecule is CN1CCN(c2ccc(Nc3ncc4c(=O)n5c(nc4n3)c3ccccc3n5-c3ccc(CO)cn3)cc2)CC1. The average molecular weight is 534 g/mol. The molecular formula is C29H27N9O2. The van der Waals surface area contributed by atoms with Crippen molar-refractivity contribution in [3.05, 3.63) is 89.0 Å². The van der Waals surface area contributed by atoms with Gasteiger partial charge < -0.3 is 20.2 Å². The molecule has 1 aliphatic heterocycles. The van der Waals surface area contributed by atoms with Crippen LogP contribution in [0.15, 0.2) is 77.9 Å². The number of aromatic nitrogens is 6. The molecule has 0 bridgehead atoms. The number of aliphatic hydroxyl groups excluding tert-OH is 1. The fraction of sp³-hybridized carbons (Fsp3) is 0.207. The number of nitrogens with one attached hydrogen (secondary N) is 1. The van der Waals surface area contributed by atoms with Gasteiger partial charge in [-0.15, -0.1) is 0 Å². The largest absolute Gasteiger partial charge is 0.392 e. The van der Waals surface area contributed by atoms with Crippen molar-refractivity contribution in [2.75, 3.05) is 43.4 Å². The quantitative estimate of drug-likeness (QED) is 0.345. The lowest BCUT2D eigenvalue weighted by Crippen LogP contribution is -2.44. The number of hydrogen-bond acceptors (Lipinski definition) is 9. The molecule has 4 aromatic heterocycles. The van der Waals surface area contributed by atoms with Crippen molar-refractivity contribution < 1.29 is 5.11 Å². The second-order valence-electron chi connectivity index (χ2n) is 9.96. The van der Waals surface area contributed by atoms with Crippen molar-refractivity contribution in [2.24, 2.45) is 0 Å². The van der Waals surface area contributed by atoms with Gasteiger partial charge in [0.2, 0.25) is 5.95 Å². The van der Waals surface area contributed by atoms with Crippen LogP contribution in [0.2, 0.25) is 0 Å². The van der Waals surface area contributed by atoms with Crippen LogP contribution in [-0.2, 0) is 6.61 Å². The van der Waals surface area contributed by atoms with Crippen LogP contribution in [0.3, 0.4) is 0 Å². The molecule has 1 saturated heterocycles. The lowest BCUT2D eigenvalue weighted by Gasteiger charge is -2.34. The van der Waals surface area contributed by atoms with Crippen LogP contribution in [-0.4, -0.2) is 72.4 Å². The maximum absolute atomic E-state index is 13.8. The summed E-state index contributed by atoms with van der Waals surface area (Å²) in [5.74, 6) is 0.895. The minimum atomic E-state index is -0.299. The van der Waals surface area contributed by atoms with E-state index in [0.717, 1.165) is 42.8 Å². The van der Waals surface area contributed by atoms with Gasteiger partial charge in [-0.25, -0.2) is 19.6 Å². The van der Waals surface area contributed by atoms with Gasteiger partial charge in [-0.3, -0.25) is 4.79 Å². The molecule has 0 spiro atoms. The predicted octanol–water partition coefficient (Wildman–Crippen LogP) is 2.96. The monoisotopic (exact) mass is 533 g/mol. The fourth-order valence-electron chi connectivity index (χ4n) is 5.15. The summed E-state index contributed by atoms with van der Waals surface area (Å²) >= 11 is 0. The van der Waals surface area contributed by atoms with Crippen LogP contribution < -0.4 is 15.8 Å². The van der Waals surface area contributed by atoms with Crippen LogP contribution >= 0.6 is 0 Å². The van der Waals surface area contributed by atoms with Gasteiger partial charge in [-0.1, -0.05) is 18.2 Å². The Bertz CT molecular complexity index is 1910. The molecule has 6 aromatic rings. The highest BCUT2D eigenvalue weighted by molar-refractivity contribution is 5.95. The van der Waals surface area contributed by atoms with Gasteiger partial charge in [0, 0.05) is 55.3 Å². The molecule has 0 aliphatic carbocycles. The standard InChI is InChI=1S/C29H27N9O2/c1-35-12-14-36(15-13-35)21-9-7-20(8-10-21)32-29-31-17-23-26(34-29)33-27-22-4-2-3-5-24(22)37(38(27)28(23)40)25-11-6-19(18-39)16-30-25/h2-11,16-17,39H,12-15,18H2,1H3,(H,31,32,34). The number of piperazine rings is 1. The number of rotatable bonds is 5. The topological polar surface area (TPSA) is 117 Å². The maximum Gasteiger partial charge on any atom is 0.284 e. The highest BCUT2D eigenvalue weighted by atomic mass is 16.3. The number of likely N-dealkylation sites (N-methyl/N-ethyl adjacent to an activating group) is 1. The Morgan fingerprint density at radius 1 is 0.875 bits per heavy atom. The third-order valence-corrected chi connectivity index (χ3v) is 7.38. The molecule has 11 heteroatoms. The summed E-state index contributed by atoms with van der Waals surface area (Å²) in [5, 5.41) is 13.8. The van der Waals surface area contributed by atoms with E-state index in [4.69, 9.17) is 4.98 Å². The van der Waals surface area contributed by atoms with Crippen molar-refractivity contribution in [1.82, 2.24) is 34.0 Å². The second-order valence-corrected chi connectivity index (χ2v) is 9.96. The number of hydrogen-bond donors (Lipinski definition) is 2. The Morgan fingerprint density at radius 2 is 1.68 bits per heavy atom. The van der Waals surface area contributed by atoms with Crippen molar-refractivity contribution in [3.63, 3.8) is 0 Å². The number of nitrogens with zero attached hydrogens (tertiary/aromatic N) is 8. The van der Waals surface area contributed by atoms with E-state index in [1.165, 1.54) is 16.4 Å². The normalized spacial score (nSPS) is 14.4. The van der Waals surface area contributed by atoms with Crippen LogP contribution in [0.1, 0.15) is 5.56 Å². The second kappa shape index (κ2) is 9.70. The number of anilines is 3. The van der Waals surface area contributed by atoms with E-state index in [2.05, 4.69) is 49.2 Å². The van der Waals surface area contributed by atoms with Crippen molar-refractivity contribution >= 4 is 44.9 Å². The van der Waals surface area contributed by atoms with Crippen molar-refractivity contribution in [2.45, 2.75) is 6.61 Å². The van der Waals surface area contributed by atoms with E-state index in [-0.39, 0.29) is 12.2 Å². The number of benzene rings is 2. The molecule has 2 N–H and O–H groups in total. The molecule has 0 saturated carbocycles. The minimum Gasteiger partial charge on any atom is -0.392 e. The molecule has 1 fully saturated rings. The van der Waals surface area contributed by atoms with Gasteiger partial charge in [0.25, 0.3) is 5.56 Å². The van der Waals surface area contributed by atoms with Gasteiger partial charge in [-0.2, -0.15) is 9.50 Å². The van der Waals surface area contributed by atoms with Gasteiger partial charge >= 0.3 is 0 Å². The third-order valence-electron chi connectivity index (χ3n) is 7.38. The number of aliphatic hydroxyl groups is 1. The molecule has 5 heterocycles. The Morgan fingerprint density at radius 3 is 2.42 bits per heavy atom. The first-order valence-electron chi connectivity index (χ1n) is 13.1. The van der Waals surface area contributed by atoms with Gasteiger partial charge in [-0.05, 0) is 55.1 Å². The molecule has 7 rings (SSSR count). The Labute approximate surface area is 229 Å². The Hall–Kier alpha value is -4.87. The summed E-state index contributed by atoms with van der Waals surface area (Å²) in [5.41, 5.74) is 3.98. The summed E-state index contributed by atoms with van der Waals surface area (Å²) in [6.45, 7) is 4.01. The molecule has 0 amide bonds. The fourth-order valence-corrected chi connectivity index (χ4v) is 5.15. The lowest BCUT2D eigenvalue weighted by molar-refractivity contribution is 0.281. The Kier molecular flexibility index (Phi) is 5.87. The maximum atomic E-state index is 13.8. The van der Waals surface area contributed by atoms with Crippen molar-refractivity contribution in [3.8, 4) is 5.82 Å². The highest BCUT2D eigenvalue weighted by Gasteiger charge is 2.19. The molecule has 11 nitrogen and oxygen atoms in total. The number of pyridine rings is 1. The molecule has 200 valence electrons. The Balaban J connectivity index is 1.27. The van der Waals surface area contributed by atoms with E-state index in [1.807, 2.05) is 36.4 Å². The number of para-hydroxylation sites is 1. The lowest BCUT2D eigenvalue weighted by atomic mass is 10.2. The highest BCUT2D eigenvalue weighted by Crippen LogP contribution is 2.25. The zero-order chi connectivity index (χ0) is 27.2. The number of fused-ring (bicyclic) bond motifs is 4.